The summed E-state index contributed by atoms with van der Waals surface area (Å²) in [4.78, 5) is 12.0. The number of esters is 1. The third kappa shape index (κ3) is 3.63. The van der Waals surface area contributed by atoms with E-state index in [4.69, 9.17) is 4.74 Å². The fourth-order valence-corrected chi connectivity index (χ4v) is 2.32. The van der Waals surface area contributed by atoms with Crippen LogP contribution in [0.4, 0.5) is 5.69 Å². The maximum absolute atomic E-state index is 12.0. The second-order valence-electron chi connectivity index (χ2n) is 5.11. The minimum atomic E-state index is -0.309. The van der Waals surface area contributed by atoms with Gasteiger partial charge in [-0.2, -0.15) is 0 Å². The number of methoxy groups -OCH3 is 1. The van der Waals surface area contributed by atoms with Crippen molar-refractivity contribution in [3.8, 4) is 0 Å². The molecule has 0 aliphatic rings. The third-order valence-corrected chi connectivity index (χ3v) is 3.79. The molecule has 110 valence electrons. The van der Waals surface area contributed by atoms with Crippen LogP contribution in [0.5, 0.6) is 0 Å². The van der Waals surface area contributed by atoms with Crippen LogP contribution in [0, 0.1) is 13.8 Å². The van der Waals surface area contributed by atoms with E-state index in [9.17, 15) is 4.79 Å². The molecule has 0 heterocycles. The Labute approximate surface area is 126 Å². The molecule has 0 aromatic heterocycles. The lowest BCUT2D eigenvalue weighted by Gasteiger charge is -2.18. The van der Waals surface area contributed by atoms with Crippen LogP contribution in [0.2, 0.25) is 0 Å². The van der Waals surface area contributed by atoms with Crippen LogP contribution in [0.1, 0.15) is 22.6 Å². The molecule has 0 saturated heterocycles. The highest BCUT2D eigenvalue weighted by molar-refractivity contribution is 5.79. The van der Waals surface area contributed by atoms with Crippen molar-refractivity contribution in [1.82, 2.24) is 0 Å². The summed E-state index contributed by atoms with van der Waals surface area (Å²) in [5.41, 5.74) is 4.45. The zero-order valence-electron chi connectivity index (χ0n) is 12.7. The molecule has 1 atom stereocenters. The zero-order valence-corrected chi connectivity index (χ0v) is 12.7. The lowest BCUT2D eigenvalue weighted by Crippen LogP contribution is -2.22. The van der Waals surface area contributed by atoms with E-state index < -0.39 is 0 Å². The Bertz CT molecular complexity index is 608. The molecule has 0 radical (unpaired) electrons. The van der Waals surface area contributed by atoms with Gasteiger partial charge in [0.25, 0.3) is 0 Å². The van der Waals surface area contributed by atoms with Crippen LogP contribution in [-0.2, 0) is 9.53 Å². The minimum absolute atomic E-state index is 0.223. The van der Waals surface area contributed by atoms with E-state index >= 15 is 0 Å². The lowest BCUT2D eigenvalue weighted by molar-refractivity contribution is -0.142. The molecule has 3 nitrogen and oxygen atoms in total. The van der Waals surface area contributed by atoms with Crippen LogP contribution in [0.15, 0.2) is 48.5 Å². The number of hydrogen-bond donors (Lipinski definition) is 1. The molecule has 0 aliphatic carbocycles. The van der Waals surface area contributed by atoms with Gasteiger partial charge in [-0.15, -0.1) is 0 Å². The first-order chi connectivity index (χ1) is 10.1. The molecule has 0 bridgehead atoms. The van der Waals surface area contributed by atoms with Gasteiger partial charge in [-0.25, -0.2) is 0 Å². The zero-order chi connectivity index (χ0) is 15.2. The van der Waals surface area contributed by atoms with Gasteiger partial charge in [0, 0.05) is 12.2 Å². The summed E-state index contributed by atoms with van der Waals surface area (Å²) in [6.07, 6.45) is 0. The highest BCUT2D eigenvalue weighted by atomic mass is 16.5. The van der Waals surface area contributed by atoms with Gasteiger partial charge in [0.1, 0.15) is 0 Å². The molecule has 2 rings (SSSR count). The van der Waals surface area contributed by atoms with Gasteiger partial charge in [0.2, 0.25) is 0 Å². The number of carbonyl (C=O) groups is 1. The topological polar surface area (TPSA) is 38.3 Å². The van der Waals surface area contributed by atoms with Crippen LogP contribution < -0.4 is 5.32 Å². The highest BCUT2D eigenvalue weighted by Crippen LogP contribution is 2.22. The monoisotopic (exact) mass is 283 g/mol. The first kappa shape index (κ1) is 15.1. The number of ether oxygens (including phenoxy) is 1. The van der Waals surface area contributed by atoms with Crippen molar-refractivity contribution < 1.29 is 9.53 Å². The molecule has 0 fully saturated rings. The van der Waals surface area contributed by atoms with Gasteiger partial charge in [0.15, 0.2) is 0 Å². The Morgan fingerprint density at radius 1 is 1.10 bits per heavy atom. The molecule has 2 aromatic carbocycles. The number of hydrogen-bond acceptors (Lipinski definition) is 3. The summed E-state index contributed by atoms with van der Waals surface area (Å²) in [7, 11) is 1.43. The van der Waals surface area contributed by atoms with E-state index in [1.807, 2.05) is 42.5 Å². The standard InChI is InChI=1S/C18H21NO2/c1-13-8-7-11-17(14(13)2)19-12-16(18(20)21-3)15-9-5-4-6-10-15/h4-11,16,19H,12H2,1-3H3. The molecule has 0 saturated carbocycles. The van der Waals surface area contributed by atoms with Crippen molar-refractivity contribution in [2.24, 2.45) is 0 Å². The molecular weight excluding hydrogens is 262 g/mol. The fourth-order valence-electron chi connectivity index (χ4n) is 2.32. The van der Waals surface area contributed by atoms with E-state index in [1.54, 1.807) is 0 Å². The van der Waals surface area contributed by atoms with Crippen LogP contribution in [-0.4, -0.2) is 19.6 Å². The van der Waals surface area contributed by atoms with E-state index in [2.05, 4.69) is 25.2 Å². The number of rotatable bonds is 5. The summed E-state index contributed by atoms with van der Waals surface area (Å²) in [5, 5.41) is 3.37. The molecule has 0 spiro atoms. The maximum atomic E-state index is 12.0. The largest absolute Gasteiger partial charge is 0.468 e. The second-order valence-corrected chi connectivity index (χ2v) is 5.11. The van der Waals surface area contributed by atoms with E-state index in [1.165, 1.54) is 18.2 Å². The summed E-state index contributed by atoms with van der Waals surface area (Å²) >= 11 is 0. The maximum Gasteiger partial charge on any atom is 0.314 e. The van der Waals surface area contributed by atoms with Crippen molar-refractivity contribution in [2.45, 2.75) is 19.8 Å². The number of nitrogens with one attached hydrogen (secondary N) is 1. The van der Waals surface area contributed by atoms with Crippen LogP contribution in [0.3, 0.4) is 0 Å². The van der Waals surface area contributed by atoms with Crippen molar-refractivity contribution in [1.29, 1.82) is 0 Å². The fraction of sp³-hybridized carbons (Fsp3) is 0.278. The minimum Gasteiger partial charge on any atom is -0.468 e. The Morgan fingerprint density at radius 3 is 2.48 bits per heavy atom. The van der Waals surface area contributed by atoms with Crippen molar-refractivity contribution >= 4 is 11.7 Å². The van der Waals surface area contributed by atoms with Crippen LogP contribution in [0.25, 0.3) is 0 Å². The normalized spacial score (nSPS) is 11.8. The predicted molar refractivity (Wildman–Crippen MR) is 85.6 cm³/mol. The molecule has 0 amide bonds. The Morgan fingerprint density at radius 2 is 1.81 bits per heavy atom. The third-order valence-electron chi connectivity index (χ3n) is 3.79. The molecular formula is C18H21NO2. The van der Waals surface area contributed by atoms with Crippen molar-refractivity contribution in [2.75, 3.05) is 19.0 Å². The van der Waals surface area contributed by atoms with E-state index in [0.717, 1.165) is 11.3 Å². The Kier molecular flexibility index (Phi) is 4.99. The number of aryl methyl sites for hydroxylation is 1. The quantitative estimate of drug-likeness (QED) is 0.851. The van der Waals surface area contributed by atoms with Gasteiger partial charge in [-0.1, -0.05) is 42.5 Å². The summed E-state index contributed by atoms with van der Waals surface area (Å²) < 4.78 is 4.93. The molecule has 1 unspecified atom stereocenters. The van der Waals surface area contributed by atoms with Gasteiger partial charge in [0.05, 0.1) is 13.0 Å². The summed E-state index contributed by atoms with van der Waals surface area (Å²) in [5.74, 6) is -0.532. The SMILES string of the molecule is COC(=O)C(CNc1cccc(C)c1C)c1ccccc1. The van der Waals surface area contributed by atoms with Crippen LogP contribution >= 0.6 is 0 Å². The molecule has 1 N–H and O–H groups in total. The molecule has 0 aliphatic heterocycles. The average Bonchev–Trinajstić information content (AvgIpc) is 2.52. The summed E-state index contributed by atoms with van der Waals surface area (Å²) in [6, 6.07) is 15.8. The molecule has 2 aromatic rings. The van der Waals surface area contributed by atoms with Gasteiger partial charge in [-0.05, 0) is 36.6 Å². The summed E-state index contributed by atoms with van der Waals surface area (Å²) in [6.45, 7) is 4.67. The average molecular weight is 283 g/mol. The molecule has 3 heteroatoms. The number of benzene rings is 2. The van der Waals surface area contributed by atoms with Crippen molar-refractivity contribution in [3.05, 3.63) is 65.2 Å². The van der Waals surface area contributed by atoms with Gasteiger partial charge < -0.3 is 10.1 Å². The Balaban J connectivity index is 2.17. The molecule has 21 heavy (non-hydrogen) atoms. The smallest absolute Gasteiger partial charge is 0.314 e. The second kappa shape index (κ2) is 6.93. The van der Waals surface area contributed by atoms with E-state index in [0.29, 0.717) is 6.54 Å². The number of carbonyl (C=O) groups excluding carboxylic acids is 1. The van der Waals surface area contributed by atoms with Gasteiger partial charge in [-0.3, -0.25) is 4.79 Å². The van der Waals surface area contributed by atoms with Crippen molar-refractivity contribution in [3.63, 3.8) is 0 Å². The number of anilines is 1. The lowest BCUT2D eigenvalue weighted by atomic mass is 9.98. The van der Waals surface area contributed by atoms with Gasteiger partial charge >= 0.3 is 5.97 Å². The Hall–Kier alpha value is -2.29. The first-order valence-corrected chi connectivity index (χ1v) is 7.06. The highest BCUT2D eigenvalue weighted by Gasteiger charge is 2.21. The first-order valence-electron chi connectivity index (χ1n) is 7.06. The predicted octanol–water partition coefficient (Wildman–Crippen LogP) is 3.67. The van der Waals surface area contributed by atoms with E-state index in [-0.39, 0.29) is 11.9 Å².